The quantitative estimate of drug-likeness (QED) is 0.723. The molecule has 0 unspecified atom stereocenters. The van der Waals surface area contributed by atoms with Crippen LogP contribution in [0.15, 0.2) is 34.9 Å². The van der Waals surface area contributed by atoms with E-state index in [0.29, 0.717) is 0 Å². The molecule has 0 atom stereocenters. The van der Waals surface area contributed by atoms with Gasteiger partial charge in [0.05, 0.1) is 17.5 Å². The van der Waals surface area contributed by atoms with E-state index in [0.717, 1.165) is 16.4 Å². The Balaban J connectivity index is 2.05. The molecule has 1 aromatic heterocycles. The summed E-state index contributed by atoms with van der Waals surface area (Å²) in [5.74, 6) is 0. The van der Waals surface area contributed by atoms with Crippen molar-refractivity contribution in [1.82, 2.24) is 0 Å². The van der Waals surface area contributed by atoms with E-state index in [4.69, 9.17) is 13.7 Å². The van der Waals surface area contributed by atoms with Crippen LogP contribution in [0.25, 0.3) is 11.0 Å². The van der Waals surface area contributed by atoms with Crippen LogP contribution >= 0.6 is 0 Å². The summed E-state index contributed by atoms with van der Waals surface area (Å²) in [5.41, 5.74) is 1.26. The van der Waals surface area contributed by atoms with Crippen molar-refractivity contribution in [2.45, 2.75) is 38.9 Å². The largest absolute Gasteiger partial charge is 0.495 e. The van der Waals surface area contributed by atoms with Crippen molar-refractivity contribution in [1.29, 1.82) is 0 Å². The molecule has 0 radical (unpaired) electrons. The molecule has 0 N–H and O–H groups in total. The van der Waals surface area contributed by atoms with Crippen LogP contribution in [-0.4, -0.2) is 18.3 Å². The van der Waals surface area contributed by atoms with E-state index < -0.39 is 0 Å². The standard InChI is InChI=1S/C14H17BO3/c1-13(2)14(3,4)18-15(17-13)11-6-5-7-12-10(11)8-9-16-12/h5-9H,1-4H3. The molecule has 2 heterocycles. The number of rotatable bonds is 1. The Hall–Kier alpha value is -1.26. The molecule has 1 aliphatic rings. The minimum Gasteiger partial charge on any atom is -0.464 e. The first-order valence-electron chi connectivity index (χ1n) is 6.22. The predicted molar refractivity (Wildman–Crippen MR) is 71.9 cm³/mol. The molecule has 0 aliphatic carbocycles. The molecule has 4 heteroatoms. The van der Waals surface area contributed by atoms with E-state index in [1.807, 2.05) is 24.3 Å². The summed E-state index contributed by atoms with van der Waals surface area (Å²) in [6.45, 7) is 8.23. The van der Waals surface area contributed by atoms with Crippen molar-refractivity contribution >= 4 is 23.6 Å². The summed E-state index contributed by atoms with van der Waals surface area (Å²) < 4.78 is 17.5. The second-order valence-corrected chi connectivity index (χ2v) is 5.77. The zero-order valence-electron chi connectivity index (χ0n) is 11.2. The van der Waals surface area contributed by atoms with Crippen LogP contribution in [0.5, 0.6) is 0 Å². The average molecular weight is 244 g/mol. The molecule has 2 aromatic rings. The van der Waals surface area contributed by atoms with Gasteiger partial charge in [0, 0.05) is 5.39 Å². The molecule has 3 nitrogen and oxygen atoms in total. The fourth-order valence-electron chi connectivity index (χ4n) is 2.19. The third-order valence-electron chi connectivity index (χ3n) is 4.04. The van der Waals surface area contributed by atoms with E-state index in [2.05, 4.69) is 27.7 Å². The maximum absolute atomic E-state index is 6.06. The first kappa shape index (κ1) is 11.8. The molecule has 0 bridgehead atoms. The third-order valence-corrected chi connectivity index (χ3v) is 4.04. The highest BCUT2D eigenvalue weighted by atomic mass is 16.7. The van der Waals surface area contributed by atoms with E-state index >= 15 is 0 Å². The lowest BCUT2D eigenvalue weighted by atomic mass is 9.77. The van der Waals surface area contributed by atoms with E-state index in [-0.39, 0.29) is 18.3 Å². The minimum atomic E-state index is -0.337. The monoisotopic (exact) mass is 244 g/mol. The van der Waals surface area contributed by atoms with E-state index in [9.17, 15) is 0 Å². The molecule has 94 valence electrons. The first-order chi connectivity index (χ1) is 8.41. The lowest BCUT2D eigenvalue weighted by Crippen LogP contribution is -2.41. The van der Waals surface area contributed by atoms with Gasteiger partial charge in [0.25, 0.3) is 0 Å². The lowest BCUT2D eigenvalue weighted by Gasteiger charge is -2.32. The maximum atomic E-state index is 6.06. The van der Waals surface area contributed by atoms with Crippen LogP contribution in [0.1, 0.15) is 27.7 Å². The Morgan fingerprint density at radius 2 is 1.61 bits per heavy atom. The summed E-state index contributed by atoms with van der Waals surface area (Å²) in [4.78, 5) is 0. The van der Waals surface area contributed by atoms with Crippen molar-refractivity contribution in [2.75, 3.05) is 0 Å². The molecule has 1 saturated heterocycles. The Labute approximate surface area is 107 Å². The van der Waals surface area contributed by atoms with Gasteiger partial charge in [-0.15, -0.1) is 0 Å². The molecular formula is C14H17BO3. The van der Waals surface area contributed by atoms with Gasteiger partial charge in [-0.05, 0) is 45.3 Å². The Bertz CT molecular complexity index is 569. The van der Waals surface area contributed by atoms with Gasteiger partial charge in [-0.2, -0.15) is 0 Å². The second-order valence-electron chi connectivity index (χ2n) is 5.77. The molecule has 0 saturated carbocycles. The second kappa shape index (κ2) is 3.62. The van der Waals surface area contributed by atoms with Crippen LogP contribution in [0.4, 0.5) is 0 Å². The van der Waals surface area contributed by atoms with Crippen molar-refractivity contribution in [3.05, 3.63) is 30.5 Å². The zero-order chi connectivity index (χ0) is 13.0. The Morgan fingerprint density at radius 1 is 0.944 bits per heavy atom. The summed E-state index contributed by atoms with van der Waals surface area (Å²) >= 11 is 0. The topological polar surface area (TPSA) is 31.6 Å². The van der Waals surface area contributed by atoms with Crippen LogP contribution < -0.4 is 5.46 Å². The summed E-state index contributed by atoms with van der Waals surface area (Å²) in [6, 6.07) is 7.89. The van der Waals surface area contributed by atoms with Crippen LogP contribution in [0, 0.1) is 0 Å². The highest BCUT2D eigenvalue weighted by Gasteiger charge is 2.52. The fraction of sp³-hybridized carbons (Fsp3) is 0.429. The highest BCUT2D eigenvalue weighted by molar-refractivity contribution is 6.65. The van der Waals surface area contributed by atoms with Crippen molar-refractivity contribution in [3.63, 3.8) is 0 Å². The Kier molecular flexibility index (Phi) is 2.38. The molecule has 1 fully saturated rings. The zero-order valence-corrected chi connectivity index (χ0v) is 11.2. The molecule has 1 aliphatic heterocycles. The fourth-order valence-corrected chi connectivity index (χ4v) is 2.19. The van der Waals surface area contributed by atoms with E-state index in [1.54, 1.807) is 6.26 Å². The maximum Gasteiger partial charge on any atom is 0.495 e. The van der Waals surface area contributed by atoms with Gasteiger partial charge in [-0.25, -0.2) is 0 Å². The van der Waals surface area contributed by atoms with Crippen molar-refractivity contribution < 1.29 is 13.7 Å². The van der Waals surface area contributed by atoms with Gasteiger partial charge in [0.1, 0.15) is 5.58 Å². The molecule has 0 amide bonds. The van der Waals surface area contributed by atoms with Gasteiger partial charge in [0.15, 0.2) is 0 Å². The number of hydrogen-bond donors (Lipinski definition) is 0. The third kappa shape index (κ3) is 1.60. The lowest BCUT2D eigenvalue weighted by molar-refractivity contribution is 0.00578. The number of furan rings is 1. The van der Waals surface area contributed by atoms with Gasteiger partial charge < -0.3 is 13.7 Å². The number of hydrogen-bond acceptors (Lipinski definition) is 3. The summed E-state index contributed by atoms with van der Waals surface area (Å²) in [5, 5.41) is 1.05. The molecule has 18 heavy (non-hydrogen) atoms. The minimum absolute atomic E-state index is 0.316. The molecule has 3 rings (SSSR count). The molecule has 1 aromatic carbocycles. The summed E-state index contributed by atoms with van der Waals surface area (Å²) in [6.07, 6.45) is 1.69. The van der Waals surface area contributed by atoms with Crippen molar-refractivity contribution in [3.8, 4) is 0 Å². The first-order valence-corrected chi connectivity index (χ1v) is 6.22. The van der Waals surface area contributed by atoms with Gasteiger partial charge in [-0.1, -0.05) is 12.1 Å². The van der Waals surface area contributed by atoms with E-state index in [1.165, 1.54) is 0 Å². The number of fused-ring (bicyclic) bond motifs is 1. The van der Waals surface area contributed by atoms with Gasteiger partial charge in [0.2, 0.25) is 0 Å². The molecule has 0 spiro atoms. The van der Waals surface area contributed by atoms with Crippen molar-refractivity contribution in [2.24, 2.45) is 0 Å². The predicted octanol–water partition coefficient (Wildman–Crippen LogP) is 2.73. The highest BCUT2D eigenvalue weighted by Crippen LogP contribution is 2.37. The van der Waals surface area contributed by atoms with Crippen LogP contribution in [0.3, 0.4) is 0 Å². The summed E-state index contributed by atoms with van der Waals surface area (Å²) in [7, 11) is -0.337. The Morgan fingerprint density at radius 3 is 2.28 bits per heavy atom. The van der Waals surface area contributed by atoms with Crippen LogP contribution in [-0.2, 0) is 9.31 Å². The van der Waals surface area contributed by atoms with Gasteiger partial charge in [-0.3, -0.25) is 0 Å². The molecular weight excluding hydrogens is 227 g/mol. The smallest absolute Gasteiger partial charge is 0.464 e. The number of benzene rings is 1. The van der Waals surface area contributed by atoms with Gasteiger partial charge >= 0.3 is 7.12 Å². The average Bonchev–Trinajstić information content (AvgIpc) is 2.81. The normalized spacial score (nSPS) is 21.7. The van der Waals surface area contributed by atoms with Crippen LogP contribution in [0.2, 0.25) is 0 Å². The SMILES string of the molecule is CC1(C)OB(c2cccc3occc23)OC1(C)C.